The quantitative estimate of drug-likeness (QED) is 0.374. The Balaban J connectivity index is 1.61. The Labute approximate surface area is 178 Å². The van der Waals surface area contributed by atoms with Crippen LogP contribution in [0.2, 0.25) is 0 Å². The van der Waals surface area contributed by atoms with Crippen molar-refractivity contribution in [2.75, 3.05) is 0 Å². The van der Waals surface area contributed by atoms with E-state index in [-0.39, 0.29) is 0 Å². The zero-order valence-electron chi connectivity index (χ0n) is 17.7. The Morgan fingerprint density at radius 3 is 2.43 bits per heavy atom. The molecule has 2 aromatic carbocycles. The van der Waals surface area contributed by atoms with E-state index in [1.165, 1.54) is 59.0 Å². The average Bonchev–Trinajstić information content (AvgIpc) is 3.46. The minimum atomic E-state index is 0.315. The predicted molar refractivity (Wildman–Crippen MR) is 123 cm³/mol. The molecule has 152 valence electrons. The van der Waals surface area contributed by atoms with Gasteiger partial charge in [0.2, 0.25) is 0 Å². The van der Waals surface area contributed by atoms with Gasteiger partial charge in [-0.1, -0.05) is 62.2 Å². The lowest BCUT2D eigenvalue weighted by molar-refractivity contribution is 0.477. The van der Waals surface area contributed by atoms with E-state index in [0.29, 0.717) is 12.0 Å². The van der Waals surface area contributed by atoms with E-state index in [9.17, 15) is 0 Å². The lowest BCUT2D eigenvalue weighted by Crippen LogP contribution is -2.08. The molecule has 3 nitrogen and oxygen atoms in total. The molecule has 0 bridgehead atoms. The second-order valence-corrected chi connectivity index (χ2v) is 8.48. The highest BCUT2D eigenvalue weighted by molar-refractivity contribution is 5.83. The molecule has 4 aromatic rings. The van der Waals surface area contributed by atoms with E-state index < -0.39 is 0 Å². The molecule has 0 aliphatic heterocycles. The van der Waals surface area contributed by atoms with Gasteiger partial charge in [0.15, 0.2) is 0 Å². The normalized spacial score (nSPS) is 15.6. The number of rotatable bonds is 6. The summed E-state index contributed by atoms with van der Waals surface area (Å²) < 4.78 is 2.35. The zero-order chi connectivity index (χ0) is 20.3. The van der Waals surface area contributed by atoms with Gasteiger partial charge in [0.05, 0.1) is 17.3 Å². The van der Waals surface area contributed by atoms with Gasteiger partial charge in [-0.25, -0.2) is 0 Å². The highest BCUT2D eigenvalue weighted by Gasteiger charge is 2.23. The average molecular weight is 396 g/mol. The third kappa shape index (κ3) is 3.65. The summed E-state index contributed by atoms with van der Waals surface area (Å²) in [4.78, 5) is 4.20. The summed E-state index contributed by atoms with van der Waals surface area (Å²) >= 11 is 0. The Kier molecular flexibility index (Phi) is 5.35. The van der Waals surface area contributed by atoms with Crippen LogP contribution in [0.4, 0.5) is 0 Å². The summed E-state index contributed by atoms with van der Waals surface area (Å²) in [5, 5.41) is 6.38. The summed E-state index contributed by atoms with van der Waals surface area (Å²) in [7, 11) is 0. The van der Waals surface area contributed by atoms with Crippen LogP contribution in [0.25, 0.3) is 10.9 Å². The highest BCUT2D eigenvalue weighted by Crippen LogP contribution is 2.36. The van der Waals surface area contributed by atoms with Crippen LogP contribution in [0.3, 0.4) is 0 Å². The number of nitrogens with zero attached hydrogens (tertiary/aromatic N) is 3. The van der Waals surface area contributed by atoms with Crippen molar-refractivity contribution in [3.63, 3.8) is 0 Å². The summed E-state index contributed by atoms with van der Waals surface area (Å²) in [5.74, 6) is 0.315. The van der Waals surface area contributed by atoms with Gasteiger partial charge >= 0.3 is 0 Å². The van der Waals surface area contributed by atoms with E-state index in [1.54, 1.807) is 0 Å². The van der Waals surface area contributed by atoms with Crippen LogP contribution in [-0.4, -0.2) is 14.8 Å². The molecular weight excluding hydrogens is 366 g/mol. The van der Waals surface area contributed by atoms with Crippen molar-refractivity contribution < 1.29 is 0 Å². The maximum atomic E-state index is 5.06. The van der Waals surface area contributed by atoms with E-state index in [2.05, 4.69) is 77.3 Å². The second kappa shape index (κ2) is 8.43. The summed E-state index contributed by atoms with van der Waals surface area (Å²) in [6, 6.07) is 22.8. The summed E-state index contributed by atoms with van der Waals surface area (Å²) in [6.07, 6.45) is 10.9. The SMILES string of the molecule is CCc1nn(C2CCCC2)c2cc(C(Cc3ccncc3)c3ccccc3)ccc12. The Bertz CT molecular complexity index is 1110. The van der Waals surface area contributed by atoms with Crippen LogP contribution in [0.15, 0.2) is 73.1 Å². The fourth-order valence-corrected chi connectivity index (χ4v) is 4.99. The summed E-state index contributed by atoms with van der Waals surface area (Å²) in [5.41, 5.74) is 6.59. The second-order valence-electron chi connectivity index (χ2n) is 8.48. The molecule has 30 heavy (non-hydrogen) atoms. The van der Waals surface area contributed by atoms with Crippen molar-refractivity contribution >= 4 is 10.9 Å². The van der Waals surface area contributed by atoms with E-state index in [4.69, 9.17) is 5.10 Å². The minimum Gasteiger partial charge on any atom is -0.265 e. The van der Waals surface area contributed by atoms with Gasteiger partial charge in [-0.15, -0.1) is 0 Å². The molecule has 2 heterocycles. The van der Waals surface area contributed by atoms with Crippen molar-refractivity contribution in [2.45, 2.75) is 57.4 Å². The van der Waals surface area contributed by atoms with Crippen LogP contribution in [0.1, 0.15) is 67.0 Å². The monoisotopic (exact) mass is 395 g/mol. The topological polar surface area (TPSA) is 30.7 Å². The molecule has 1 fully saturated rings. The highest BCUT2D eigenvalue weighted by atomic mass is 15.3. The van der Waals surface area contributed by atoms with Crippen LogP contribution in [0, 0.1) is 0 Å². The van der Waals surface area contributed by atoms with Gasteiger partial charge in [-0.05, 0) is 60.6 Å². The molecule has 0 saturated heterocycles. The first kappa shape index (κ1) is 19.0. The van der Waals surface area contributed by atoms with E-state index in [0.717, 1.165) is 12.8 Å². The lowest BCUT2D eigenvalue weighted by atomic mass is 9.85. The van der Waals surface area contributed by atoms with Gasteiger partial charge in [-0.3, -0.25) is 9.67 Å². The van der Waals surface area contributed by atoms with Crippen LogP contribution in [-0.2, 0) is 12.8 Å². The molecule has 1 saturated carbocycles. The maximum Gasteiger partial charge on any atom is 0.0700 e. The molecule has 1 aliphatic rings. The van der Waals surface area contributed by atoms with Gasteiger partial charge < -0.3 is 0 Å². The molecule has 1 unspecified atom stereocenters. The molecule has 1 atom stereocenters. The van der Waals surface area contributed by atoms with Crippen LogP contribution in [0.5, 0.6) is 0 Å². The first-order valence-corrected chi connectivity index (χ1v) is 11.3. The molecule has 3 heteroatoms. The third-order valence-corrected chi connectivity index (χ3v) is 6.61. The Morgan fingerprint density at radius 2 is 1.70 bits per heavy atom. The molecule has 0 spiro atoms. The number of benzene rings is 2. The molecule has 0 radical (unpaired) electrons. The van der Waals surface area contributed by atoms with Crippen LogP contribution < -0.4 is 0 Å². The minimum absolute atomic E-state index is 0.315. The van der Waals surface area contributed by atoms with Crippen molar-refractivity contribution in [2.24, 2.45) is 0 Å². The molecular formula is C27H29N3. The number of hydrogen-bond acceptors (Lipinski definition) is 2. The smallest absolute Gasteiger partial charge is 0.0700 e. The molecule has 0 N–H and O–H groups in total. The van der Waals surface area contributed by atoms with Gasteiger partial charge in [-0.2, -0.15) is 5.10 Å². The summed E-state index contributed by atoms with van der Waals surface area (Å²) in [6.45, 7) is 2.21. The lowest BCUT2D eigenvalue weighted by Gasteiger charge is -2.19. The molecule has 5 rings (SSSR count). The Morgan fingerprint density at radius 1 is 0.933 bits per heavy atom. The van der Waals surface area contributed by atoms with Crippen molar-refractivity contribution in [3.05, 3.63) is 95.4 Å². The molecule has 1 aliphatic carbocycles. The van der Waals surface area contributed by atoms with E-state index >= 15 is 0 Å². The first-order chi connectivity index (χ1) is 14.8. The number of hydrogen-bond donors (Lipinski definition) is 0. The van der Waals surface area contributed by atoms with Gasteiger partial charge in [0.25, 0.3) is 0 Å². The van der Waals surface area contributed by atoms with Crippen LogP contribution >= 0.6 is 0 Å². The molecule has 2 aromatic heterocycles. The number of aromatic nitrogens is 3. The zero-order valence-corrected chi connectivity index (χ0v) is 17.7. The van der Waals surface area contributed by atoms with Crippen molar-refractivity contribution in [3.8, 4) is 0 Å². The fourth-order valence-electron chi connectivity index (χ4n) is 4.99. The Hall–Kier alpha value is -2.94. The maximum absolute atomic E-state index is 5.06. The first-order valence-electron chi connectivity index (χ1n) is 11.3. The van der Waals surface area contributed by atoms with E-state index in [1.807, 2.05) is 12.4 Å². The van der Waals surface area contributed by atoms with Crippen molar-refractivity contribution in [1.82, 2.24) is 14.8 Å². The van der Waals surface area contributed by atoms with Gasteiger partial charge in [0, 0.05) is 23.7 Å². The standard InChI is InChI=1S/C27H29N3/c1-2-26-24-13-12-22(19-27(24)30(29-26)23-10-6-7-11-23)25(21-8-4-3-5-9-21)18-20-14-16-28-17-15-20/h3-5,8-9,12-17,19,23,25H,2,6-7,10-11,18H2,1H3. The van der Waals surface area contributed by atoms with Gasteiger partial charge in [0.1, 0.15) is 0 Å². The number of fused-ring (bicyclic) bond motifs is 1. The fraction of sp³-hybridized carbons (Fsp3) is 0.333. The largest absolute Gasteiger partial charge is 0.265 e. The predicted octanol–water partition coefficient (Wildman–Crippen LogP) is 6.48. The number of aryl methyl sites for hydroxylation is 1. The number of pyridine rings is 1. The third-order valence-electron chi connectivity index (χ3n) is 6.61. The van der Waals surface area contributed by atoms with Crippen molar-refractivity contribution in [1.29, 1.82) is 0 Å². The molecule has 0 amide bonds.